The first-order valence-electron chi connectivity index (χ1n) is 9.11. The maximum Gasteiger partial charge on any atom is 0.383 e. The van der Waals surface area contributed by atoms with Gasteiger partial charge in [-0.1, -0.05) is 17.7 Å². The molecule has 0 fully saturated rings. The van der Waals surface area contributed by atoms with Crippen LogP contribution in [0.15, 0.2) is 64.8 Å². The molecule has 0 radical (unpaired) electrons. The zero-order chi connectivity index (χ0) is 22.4. The van der Waals surface area contributed by atoms with E-state index in [1.807, 2.05) is 6.92 Å². The lowest BCUT2D eigenvalue weighted by Crippen LogP contribution is -2.12. The third-order valence-corrected chi connectivity index (χ3v) is 5.57. The van der Waals surface area contributed by atoms with Gasteiger partial charge in [0.1, 0.15) is 25.6 Å². The number of carbonyl (C=O) groups excluding carboxylic acids is 1. The molecule has 2 heterocycles. The van der Waals surface area contributed by atoms with E-state index in [9.17, 15) is 18.3 Å². The van der Waals surface area contributed by atoms with Gasteiger partial charge in [0.05, 0.1) is 10.6 Å². The maximum atomic E-state index is 12.1. The molecule has 0 saturated carbocycles. The number of cyclic esters (lactones) is 1. The summed E-state index contributed by atoms with van der Waals surface area (Å²) in [5.41, 5.74) is 1.49. The summed E-state index contributed by atoms with van der Waals surface area (Å²) in [6.45, 7) is 1.62. The number of aliphatic hydroxyl groups is 1. The number of aromatic amines is 1. The summed E-state index contributed by atoms with van der Waals surface area (Å²) in [5.74, 6) is -1.11. The number of H-pyrrole nitrogens is 1. The standard InChI is InChI=1S/C20H20ClNO8S/c1-13-2-4-16(5-3-13)31(25,26)29-9-8-27-15-10-14(22-11-15)12-28-19-18(23)17(6-7-21)30-20(19)24/h2-6,10-11,22-23H,7-9,12H2,1H3/b17-6+. The van der Waals surface area contributed by atoms with Crippen LogP contribution in [0.1, 0.15) is 11.3 Å². The number of aliphatic hydroxyl groups excluding tert-OH is 1. The summed E-state index contributed by atoms with van der Waals surface area (Å²) in [6.07, 6.45) is 2.88. The van der Waals surface area contributed by atoms with Crippen LogP contribution in [0.5, 0.6) is 5.75 Å². The minimum absolute atomic E-state index is 0.00586. The Bertz CT molecular complexity index is 1100. The first kappa shape index (κ1) is 22.7. The number of benzene rings is 1. The van der Waals surface area contributed by atoms with Crippen molar-refractivity contribution in [2.45, 2.75) is 18.4 Å². The van der Waals surface area contributed by atoms with Gasteiger partial charge in [-0.25, -0.2) is 4.79 Å². The largest absolute Gasteiger partial charge is 0.501 e. The molecule has 1 aromatic heterocycles. The lowest BCUT2D eigenvalue weighted by Gasteiger charge is -2.07. The summed E-state index contributed by atoms with van der Waals surface area (Å²) in [5, 5.41) is 9.92. The third kappa shape index (κ3) is 5.81. The van der Waals surface area contributed by atoms with Crippen LogP contribution >= 0.6 is 11.6 Å². The number of halogens is 1. The highest BCUT2D eigenvalue weighted by molar-refractivity contribution is 7.86. The minimum atomic E-state index is -3.86. The SMILES string of the molecule is Cc1ccc(S(=O)(=O)OCCOc2c[nH]c(COC3=C(O)/C(=C\CCl)OC3=O)c2)cc1. The van der Waals surface area contributed by atoms with E-state index in [1.165, 1.54) is 24.4 Å². The Morgan fingerprint density at radius 2 is 1.94 bits per heavy atom. The van der Waals surface area contributed by atoms with E-state index < -0.39 is 21.8 Å². The van der Waals surface area contributed by atoms with Gasteiger partial charge in [-0.2, -0.15) is 8.42 Å². The van der Waals surface area contributed by atoms with Crippen LogP contribution in [0, 0.1) is 6.92 Å². The van der Waals surface area contributed by atoms with Crippen LogP contribution in [0.2, 0.25) is 0 Å². The second-order valence-electron chi connectivity index (χ2n) is 6.38. The Morgan fingerprint density at radius 3 is 2.65 bits per heavy atom. The first-order valence-corrected chi connectivity index (χ1v) is 11.1. The second kappa shape index (κ2) is 9.90. The topological polar surface area (TPSA) is 124 Å². The first-order chi connectivity index (χ1) is 14.8. The van der Waals surface area contributed by atoms with Crippen LogP contribution < -0.4 is 4.74 Å². The van der Waals surface area contributed by atoms with E-state index in [4.69, 9.17) is 30.0 Å². The molecule has 1 aromatic carbocycles. The van der Waals surface area contributed by atoms with Crippen molar-refractivity contribution in [3.63, 3.8) is 0 Å². The van der Waals surface area contributed by atoms with Crippen LogP contribution in [0.4, 0.5) is 0 Å². The zero-order valence-electron chi connectivity index (χ0n) is 16.5. The van der Waals surface area contributed by atoms with Gasteiger partial charge in [-0.05, 0) is 25.1 Å². The van der Waals surface area contributed by atoms with E-state index in [2.05, 4.69) is 4.98 Å². The fourth-order valence-corrected chi connectivity index (χ4v) is 3.58. The highest BCUT2D eigenvalue weighted by atomic mass is 35.5. The predicted molar refractivity (Wildman–Crippen MR) is 110 cm³/mol. The molecule has 31 heavy (non-hydrogen) atoms. The molecule has 0 atom stereocenters. The van der Waals surface area contributed by atoms with Gasteiger partial charge < -0.3 is 24.3 Å². The van der Waals surface area contributed by atoms with Crippen molar-refractivity contribution in [1.82, 2.24) is 4.98 Å². The molecule has 0 spiro atoms. The number of carbonyl (C=O) groups is 1. The predicted octanol–water partition coefficient (Wildman–Crippen LogP) is 3.07. The molecule has 0 aliphatic carbocycles. The monoisotopic (exact) mass is 469 g/mol. The smallest absolute Gasteiger partial charge is 0.383 e. The number of ether oxygens (including phenoxy) is 3. The van der Waals surface area contributed by atoms with Crippen molar-refractivity contribution in [1.29, 1.82) is 0 Å². The van der Waals surface area contributed by atoms with Gasteiger partial charge in [0.2, 0.25) is 5.76 Å². The molecule has 0 amide bonds. The van der Waals surface area contributed by atoms with Crippen molar-refractivity contribution >= 4 is 27.7 Å². The van der Waals surface area contributed by atoms with E-state index in [0.717, 1.165) is 5.56 Å². The second-order valence-corrected chi connectivity index (χ2v) is 8.30. The molecule has 2 N–H and O–H groups in total. The quantitative estimate of drug-likeness (QED) is 0.235. The van der Waals surface area contributed by atoms with Gasteiger partial charge in [0.25, 0.3) is 15.9 Å². The highest BCUT2D eigenvalue weighted by Crippen LogP contribution is 2.26. The Morgan fingerprint density at radius 1 is 1.19 bits per heavy atom. The Labute approximate surface area is 184 Å². The fraction of sp³-hybridized carbons (Fsp3) is 0.250. The van der Waals surface area contributed by atoms with Gasteiger partial charge in [-0.3, -0.25) is 4.18 Å². The Balaban J connectivity index is 1.47. The average Bonchev–Trinajstić information content (AvgIpc) is 3.29. The summed E-state index contributed by atoms with van der Waals surface area (Å²) >= 11 is 5.53. The number of esters is 1. The average molecular weight is 470 g/mol. The Hall–Kier alpha value is -2.95. The number of alkyl halides is 1. The molecule has 3 rings (SSSR count). The molecular weight excluding hydrogens is 450 g/mol. The number of aryl methyl sites for hydroxylation is 1. The summed E-state index contributed by atoms with van der Waals surface area (Å²) in [7, 11) is -3.86. The van der Waals surface area contributed by atoms with Crippen LogP contribution in [-0.4, -0.2) is 43.6 Å². The van der Waals surface area contributed by atoms with Crippen molar-refractivity contribution in [3.8, 4) is 5.75 Å². The number of rotatable bonds is 10. The fourth-order valence-electron chi connectivity index (χ4n) is 2.55. The summed E-state index contributed by atoms with van der Waals surface area (Å²) < 4.78 is 44.8. The van der Waals surface area contributed by atoms with Crippen molar-refractivity contribution in [2.24, 2.45) is 0 Å². The molecule has 0 saturated heterocycles. The van der Waals surface area contributed by atoms with E-state index in [1.54, 1.807) is 18.2 Å². The molecule has 166 valence electrons. The number of hydrogen-bond donors (Lipinski definition) is 2. The van der Waals surface area contributed by atoms with Crippen LogP contribution in [0.25, 0.3) is 0 Å². The van der Waals surface area contributed by atoms with Crippen molar-refractivity contribution in [3.05, 3.63) is 71.1 Å². The maximum absolute atomic E-state index is 12.1. The van der Waals surface area contributed by atoms with E-state index >= 15 is 0 Å². The summed E-state index contributed by atoms with van der Waals surface area (Å²) in [6, 6.07) is 7.93. The van der Waals surface area contributed by atoms with E-state index in [-0.39, 0.29) is 42.1 Å². The van der Waals surface area contributed by atoms with Gasteiger partial charge in [0, 0.05) is 18.1 Å². The van der Waals surface area contributed by atoms with E-state index in [0.29, 0.717) is 11.4 Å². The molecule has 0 unspecified atom stereocenters. The number of nitrogens with one attached hydrogen (secondary N) is 1. The molecule has 2 aromatic rings. The lowest BCUT2D eigenvalue weighted by atomic mass is 10.2. The minimum Gasteiger partial charge on any atom is -0.501 e. The number of hydrogen-bond acceptors (Lipinski definition) is 8. The summed E-state index contributed by atoms with van der Waals surface area (Å²) in [4.78, 5) is 14.7. The van der Waals surface area contributed by atoms with Crippen molar-refractivity contribution < 1.29 is 36.7 Å². The number of allylic oxidation sites excluding steroid dienone is 1. The van der Waals surface area contributed by atoms with Crippen molar-refractivity contribution in [2.75, 3.05) is 19.1 Å². The molecule has 1 aliphatic heterocycles. The number of aromatic nitrogens is 1. The Kier molecular flexibility index (Phi) is 7.26. The third-order valence-electron chi connectivity index (χ3n) is 4.09. The highest BCUT2D eigenvalue weighted by Gasteiger charge is 2.31. The molecule has 0 bridgehead atoms. The van der Waals surface area contributed by atoms with Gasteiger partial charge >= 0.3 is 5.97 Å². The van der Waals surface area contributed by atoms with Crippen LogP contribution in [0.3, 0.4) is 0 Å². The van der Waals surface area contributed by atoms with Crippen LogP contribution in [-0.2, 0) is 35.2 Å². The zero-order valence-corrected chi connectivity index (χ0v) is 18.0. The molecular formula is C20H20ClNO8S. The van der Waals surface area contributed by atoms with Gasteiger partial charge in [-0.15, -0.1) is 11.6 Å². The molecule has 9 nitrogen and oxygen atoms in total. The molecule has 1 aliphatic rings. The normalized spacial score (nSPS) is 15.4. The van der Waals surface area contributed by atoms with Gasteiger partial charge in [0.15, 0.2) is 5.76 Å². The molecule has 11 heteroatoms. The lowest BCUT2D eigenvalue weighted by molar-refractivity contribution is -0.136.